The highest BCUT2D eigenvalue weighted by molar-refractivity contribution is 5.81. The Balaban J connectivity index is 3.09. The second-order valence-corrected chi connectivity index (χ2v) is 5.79. The molecule has 1 fully saturated rings. The summed E-state index contributed by atoms with van der Waals surface area (Å²) in [5.74, 6) is 5.81. The third-order valence-corrected chi connectivity index (χ3v) is 3.77. The quantitative estimate of drug-likeness (QED) is 0.696. The molecule has 0 aromatic carbocycles. The number of carbonyl (C=O) groups is 1. The summed E-state index contributed by atoms with van der Waals surface area (Å²) in [6, 6.07) is 0. The lowest BCUT2D eigenvalue weighted by atomic mass is 9.60. The summed E-state index contributed by atoms with van der Waals surface area (Å²) in [7, 11) is 0. The monoisotopic (exact) mass is 250 g/mol. The molecule has 1 aliphatic rings. The molecule has 2 atom stereocenters. The number of hydrogen-bond acceptors (Lipinski definition) is 3. The van der Waals surface area contributed by atoms with Crippen molar-refractivity contribution in [3.63, 3.8) is 0 Å². The standard InChI is InChI=1S/C15H22O3/c1-11(6-8-16)5-7-15(18)12(2)9-13(17)10-14(15,3)4/h6,12,16,18H,8-10H2,1-4H3/t12-,15-/m1/s1. The molecule has 1 aliphatic carbocycles. The molecule has 0 aromatic heterocycles. The van der Waals surface area contributed by atoms with Crippen molar-refractivity contribution >= 4 is 5.78 Å². The highest BCUT2D eigenvalue weighted by Gasteiger charge is 2.51. The van der Waals surface area contributed by atoms with Crippen molar-refractivity contribution in [1.29, 1.82) is 0 Å². The molecule has 1 rings (SSSR count). The van der Waals surface area contributed by atoms with E-state index in [0.29, 0.717) is 12.8 Å². The van der Waals surface area contributed by atoms with Gasteiger partial charge in [-0.1, -0.05) is 32.6 Å². The van der Waals surface area contributed by atoms with Crippen molar-refractivity contribution in [2.75, 3.05) is 6.61 Å². The fourth-order valence-electron chi connectivity index (χ4n) is 2.53. The molecule has 0 spiro atoms. The summed E-state index contributed by atoms with van der Waals surface area (Å²) in [5.41, 5.74) is -0.981. The SMILES string of the molecule is CC(C#C[C@@]1(O)[C@H](C)CC(=O)CC1(C)C)=CCO. The van der Waals surface area contributed by atoms with E-state index in [9.17, 15) is 9.90 Å². The fraction of sp³-hybridized carbons (Fsp3) is 0.667. The Labute approximate surface area is 109 Å². The summed E-state index contributed by atoms with van der Waals surface area (Å²) in [5, 5.41) is 19.6. The molecule has 100 valence electrons. The number of rotatable bonds is 1. The van der Waals surface area contributed by atoms with Gasteiger partial charge >= 0.3 is 0 Å². The van der Waals surface area contributed by atoms with Gasteiger partial charge < -0.3 is 10.2 Å². The average molecular weight is 250 g/mol. The van der Waals surface area contributed by atoms with Crippen LogP contribution in [0.2, 0.25) is 0 Å². The van der Waals surface area contributed by atoms with Crippen molar-refractivity contribution in [3.8, 4) is 11.8 Å². The number of aliphatic hydroxyl groups is 2. The molecule has 0 radical (unpaired) electrons. The highest BCUT2D eigenvalue weighted by Crippen LogP contribution is 2.45. The maximum atomic E-state index is 11.6. The van der Waals surface area contributed by atoms with Crippen LogP contribution in [0.5, 0.6) is 0 Å². The second kappa shape index (κ2) is 5.26. The van der Waals surface area contributed by atoms with Crippen LogP contribution >= 0.6 is 0 Å². The summed E-state index contributed by atoms with van der Waals surface area (Å²) >= 11 is 0. The van der Waals surface area contributed by atoms with E-state index in [0.717, 1.165) is 5.57 Å². The molecule has 1 saturated carbocycles. The molecule has 0 heterocycles. The molecule has 0 amide bonds. The third-order valence-electron chi connectivity index (χ3n) is 3.77. The van der Waals surface area contributed by atoms with Crippen LogP contribution in [0.15, 0.2) is 11.6 Å². The largest absolute Gasteiger partial charge is 0.392 e. The Bertz CT molecular complexity index is 423. The molecule has 0 bridgehead atoms. The van der Waals surface area contributed by atoms with Gasteiger partial charge in [0.25, 0.3) is 0 Å². The summed E-state index contributed by atoms with van der Waals surface area (Å²) in [4.78, 5) is 11.6. The average Bonchev–Trinajstić information content (AvgIpc) is 2.23. The van der Waals surface area contributed by atoms with Gasteiger partial charge in [0.05, 0.1) is 6.61 Å². The maximum Gasteiger partial charge on any atom is 0.134 e. The van der Waals surface area contributed by atoms with E-state index in [1.54, 1.807) is 13.0 Å². The van der Waals surface area contributed by atoms with Crippen LogP contribution in [0.4, 0.5) is 0 Å². The zero-order chi connectivity index (χ0) is 14.0. The van der Waals surface area contributed by atoms with Gasteiger partial charge in [0, 0.05) is 24.2 Å². The van der Waals surface area contributed by atoms with E-state index in [-0.39, 0.29) is 18.3 Å². The molecule has 3 heteroatoms. The number of hydrogen-bond donors (Lipinski definition) is 2. The van der Waals surface area contributed by atoms with Crippen molar-refractivity contribution in [1.82, 2.24) is 0 Å². The van der Waals surface area contributed by atoms with Gasteiger partial charge in [-0.3, -0.25) is 4.79 Å². The van der Waals surface area contributed by atoms with Gasteiger partial charge in [-0.15, -0.1) is 0 Å². The van der Waals surface area contributed by atoms with Gasteiger partial charge in [0.15, 0.2) is 0 Å². The smallest absolute Gasteiger partial charge is 0.134 e. The van der Waals surface area contributed by atoms with Gasteiger partial charge in [-0.25, -0.2) is 0 Å². The highest BCUT2D eigenvalue weighted by atomic mass is 16.3. The Hall–Kier alpha value is -1.11. The Kier molecular flexibility index (Phi) is 4.37. The number of carbonyl (C=O) groups excluding carboxylic acids is 1. The lowest BCUT2D eigenvalue weighted by Crippen LogP contribution is -2.53. The normalized spacial score (nSPS) is 31.8. The van der Waals surface area contributed by atoms with Crippen molar-refractivity contribution in [3.05, 3.63) is 11.6 Å². The molecule has 0 aromatic rings. The minimum absolute atomic E-state index is 0.0592. The van der Waals surface area contributed by atoms with E-state index >= 15 is 0 Å². The molecule has 18 heavy (non-hydrogen) atoms. The van der Waals surface area contributed by atoms with E-state index in [2.05, 4.69) is 11.8 Å². The Morgan fingerprint density at radius 2 is 2.17 bits per heavy atom. The zero-order valence-electron chi connectivity index (χ0n) is 11.6. The molecule has 0 unspecified atom stereocenters. The first-order chi connectivity index (χ1) is 8.23. The van der Waals surface area contributed by atoms with E-state index in [1.807, 2.05) is 20.8 Å². The molecule has 2 N–H and O–H groups in total. The minimum atomic E-state index is -1.16. The topological polar surface area (TPSA) is 57.5 Å². The summed E-state index contributed by atoms with van der Waals surface area (Å²) < 4.78 is 0. The number of Topliss-reactive ketones (excluding diaryl/α,β-unsaturated/α-hetero) is 1. The van der Waals surface area contributed by atoms with Crippen molar-refractivity contribution in [2.45, 2.75) is 46.1 Å². The minimum Gasteiger partial charge on any atom is -0.392 e. The van der Waals surface area contributed by atoms with Crippen LogP contribution < -0.4 is 0 Å². The van der Waals surface area contributed by atoms with E-state index < -0.39 is 11.0 Å². The summed E-state index contributed by atoms with van der Waals surface area (Å²) in [6.07, 6.45) is 2.32. The Morgan fingerprint density at radius 3 is 2.67 bits per heavy atom. The maximum absolute atomic E-state index is 11.6. The molecular formula is C15H22O3. The lowest BCUT2D eigenvalue weighted by Gasteiger charge is -2.46. The molecule has 0 saturated heterocycles. The fourth-order valence-corrected chi connectivity index (χ4v) is 2.53. The van der Waals surface area contributed by atoms with Crippen LogP contribution in [0.3, 0.4) is 0 Å². The molecular weight excluding hydrogens is 228 g/mol. The summed E-state index contributed by atoms with van der Waals surface area (Å²) in [6.45, 7) is 7.34. The van der Waals surface area contributed by atoms with Gasteiger partial charge in [0.2, 0.25) is 0 Å². The van der Waals surface area contributed by atoms with Gasteiger partial charge in [-0.2, -0.15) is 0 Å². The van der Waals surface area contributed by atoms with Gasteiger partial charge in [0.1, 0.15) is 11.4 Å². The first-order valence-corrected chi connectivity index (χ1v) is 6.28. The predicted molar refractivity (Wildman–Crippen MR) is 70.8 cm³/mol. The first kappa shape index (κ1) is 14.9. The first-order valence-electron chi connectivity index (χ1n) is 6.28. The van der Waals surface area contributed by atoms with Crippen LogP contribution in [0.1, 0.15) is 40.5 Å². The van der Waals surface area contributed by atoms with Gasteiger partial charge in [-0.05, 0) is 18.6 Å². The number of allylic oxidation sites excluding steroid dienone is 1. The van der Waals surface area contributed by atoms with E-state index in [4.69, 9.17) is 5.11 Å². The van der Waals surface area contributed by atoms with Crippen LogP contribution in [0.25, 0.3) is 0 Å². The number of aliphatic hydroxyl groups excluding tert-OH is 1. The molecule has 3 nitrogen and oxygen atoms in total. The van der Waals surface area contributed by atoms with Crippen molar-refractivity contribution in [2.24, 2.45) is 11.3 Å². The Morgan fingerprint density at radius 1 is 1.56 bits per heavy atom. The predicted octanol–water partition coefficient (Wildman–Crippen LogP) is 1.68. The molecule has 0 aliphatic heterocycles. The lowest BCUT2D eigenvalue weighted by molar-refractivity contribution is -0.140. The van der Waals surface area contributed by atoms with Crippen molar-refractivity contribution < 1.29 is 15.0 Å². The third kappa shape index (κ3) is 2.82. The van der Waals surface area contributed by atoms with Crippen LogP contribution in [0, 0.1) is 23.2 Å². The zero-order valence-corrected chi connectivity index (χ0v) is 11.6. The van der Waals surface area contributed by atoms with E-state index in [1.165, 1.54) is 0 Å². The second-order valence-electron chi connectivity index (χ2n) is 5.79. The van der Waals surface area contributed by atoms with Crippen LogP contribution in [-0.2, 0) is 4.79 Å². The number of ketones is 1. The van der Waals surface area contributed by atoms with Crippen LogP contribution in [-0.4, -0.2) is 28.2 Å².